The van der Waals surface area contributed by atoms with Gasteiger partial charge in [0.05, 0.1) is 18.4 Å². The average molecular weight is 331 g/mol. The normalized spacial score (nSPS) is 11.0. The van der Waals surface area contributed by atoms with Crippen molar-refractivity contribution in [2.45, 2.75) is 0 Å². The van der Waals surface area contributed by atoms with Gasteiger partial charge >= 0.3 is 0 Å². The standard InChI is InChI=1S/C20H17N3O2/c1-25-18-10-6-5-9-17(18)20(24)23-22-19(15-7-3-2-4-8-15)16-11-13-21-14-12-16/h2-14H,1H3,(H,23,24)/b22-19+. The van der Waals surface area contributed by atoms with Gasteiger partial charge in [-0.25, -0.2) is 5.43 Å². The summed E-state index contributed by atoms with van der Waals surface area (Å²) in [5.74, 6) is 0.167. The van der Waals surface area contributed by atoms with Crippen molar-refractivity contribution in [3.63, 3.8) is 0 Å². The van der Waals surface area contributed by atoms with Crippen molar-refractivity contribution in [3.05, 3.63) is 95.8 Å². The van der Waals surface area contributed by atoms with E-state index in [-0.39, 0.29) is 5.91 Å². The van der Waals surface area contributed by atoms with Gasteiger partial charge in [0, 0.05) is 23.5 Å². The van der Waals surface area contributed by atoms with Gasteiger partial charge in [0.2, 0.25) is 0 Å². The zero-order valence-electron chi connectivity index (χ0n) is 13.7. The van der Waals surface area contributed by atoms with E-state index in [0.29, 0.717) is 17.0 Å². The third kappa shape index (κ3) is 3.90. The Labute approximate surface area is 146 Å². The van der Waals surface area contributed by atoms with E-state index in [2.05, 4.69) is 15.5 Å². The van der Waals surface area contributed by atoms with E-state index in [0.717, 1.165) is 11.1 Å². The van der Waals surface area contributed by atoms with Crippen molar-refractivity contribution in [1.29, 1.82) is 0 Å². The molecule has 5 nitrogen and oxygen atoms in total. The predicted octanol–water partition coefficient (Wildman–Crippen LogP) is 3.27. The van der Waals surface area contributed by atoms with Gasteiger partial charge < -0.3 is 4.74 Å². The highest BCUT2D eigenvalue weighted by Gasteiger charge is 2.12. The van der Waals surface area contributed by atoms with Crippen LogP contribution in [-0.4, -0.2) is 23.7 Å². The number of hydrogen-bond acceptors (Lipinski definition) is 4. The SMILES string of the molecule is COc1ccccc1C(=O)N/N=C(\c1ccccc1)c1ccncc1. The van der Waals surface area contributed by atoms with Gasteiger partial charge in [-0.1, -0.05) is 42.5 Å². The van der Waals surface area contributed by atoms with Crippen molar-refractivity contribution < 1.29 is 9.53 Å². The molecule has 0 fully saturated rings. The van der Waals surface area contributed by atoms with Gasteiger partial charge in [0.25, 0.3) is 5.91 Å². The number of pyridine rings is 1. The zero-order valence-corrected chi connectivity index (χ0v) is 13.7. The van der Waals surface area contributed by atoms with E-state index in [4.69, 9.17) is 4.74 Å². The number of methoxy groups -OCH3 is 1. The second-order valence-electron chi connectivity index (χ2n) is 5.20. The van der Waals surface area contributed by atoms with Crippen LogP contribution in [0.2, 0.25) is 0 Å². The lowest BCUT2D eigenvalue weighted by molar-refractivity contribution is 0.0952. The quantitative estimate of drug-likeness (QED) is 0.576. The molecule has 0 saturated heterocycles. The number of carbonyl (C=O) groups is 1. The second-order valence-corrected chi connectivity index (χ2v) is 5.20. The van der Waals surface area contributed by atoms with Crippen LogP contribution in [0.3, 0.4) is 0 Å². The number of ether oxygens (including phenoxy) is 1. The largest absolute Gasteiger partial charge is 0.496 e. The van der Waals surface area contributed by atoms with Crippen LogP contribution in [0, 0.1) is 0 Å². The van der Waals surface area contributed by atoms with Gasteiger partial charge in [-0.2, -0.15) is 5.10 Å². The number of hydrazone groups is 1. The third-order valence-corrected chi connectivity index (χ3v) is 3.62. The molecule has 1 amide bonds. The van der Waals surface area contributed by atoms with Crippen molar-refractivity contribution in [2.24, 2.45) is 5.10 Å². The maximum absolute atomic E-state index is 12.5. The lowest BCUT2D eigenvalue weighted by Crippen LogP contribution is -2.21. The summed E-state index contributed by atoms with van der Waals surface area (Å²) in [6.07, 6.45) is 3.38. The molecule has 1 aromatic heterocycles. The van der Waals surface area contributed by atoms with Gasteiger partial charge in [-0.3, -0.25) is 9.78 Å². The fourth-order valence-corrected chi connectivity index (χ4v) is 2.40. The topological polar surface area (TPSA) is 63.6 Å². The number of benzene rings is 2. The first kappa shape index (κ1) is 16.4. The fourth-order valence-electron chi connectivity index (χ4n) is 2.40. The number of aromatic nitrogens is 1. The molecule has 25 heavy (non-hydrogen) atoms. The maximum atomic E-state index is 12.5. The second kappa shape index (κ2) is 7.88. The minimum Gasteiger partial charge on any atom is -0.496 e. The number of carbonyl (C=O) groups excluding carboxylic acids is 1. The molecule has 0 radical (unpaired) electrons. The molecule has 124 valence electrons. The van der Waals surface area contributed by atoms with Crippen LogP contribution in [0.15, 0.2) is 84.2 Å². The fraction of sp³-hybridized carbons (Fsp3) is 0.0500. The monoisotopic (exact) mass is 331 g/mol. The van der Waals surface area contributed by atoms with Gasteiger partial charge in [-0.05, 0) is 24.3 Å². The number of nitrogens with one attached hydrogen (secondary N) is 1. The molecule has 0 aliphatic carbocycles. The number of rotatable bonds is 5. The molecule has 0 unspecified atom stereocenters. The van der Waals surface area contributed by atoms with E-state index >= 15 is 0 Å². The average Bonchev–Trinajstić information content (AvgIpc) is 2.69. The van der Waals surface area contributed by atoms with Crippen LogP contribution < -0.4 is 10.2 Å². The zero-order chi connectivity index (χ0) is 17.5. The predicted molar refractivity (Wildman–Crippen MR) is 96.8 cm³/mol. The Morgan fingerprint density at radius 1 is 0.920 bits per heavy atom. The molecule has 2 aromatic carbocycles. The van der Waals surface area contributed by atoms with E-state index in [1.807, 2.05) is 48.5 Å². The summed E-state index contributed by atoms with van der Waals surface area (Å²) in [6.45, 7) is 0. The lowest BCUT2D eigenvalue weighted by Gasteiger charge is -2.09. The first-order chi connectivity index (χ1) is 12.3. The summed E-state index contributed by atoms with van der Waals surface area (Å²) < 4.78 is 5.22. The molecule has 3 rings (SSSR count). The summed E-state index contributed by atoms with van der Waals surface area (Å²) in [5, 5.41) is 4.35. The molecule has 0 aliphatic rings. The van der Waals surface area contributed by atoms with Crippen molar-refractivity contribution in [2.75, 3.05) is 7.11 Å². The summed E-state index contributed by atoms with van der Waals surface area (Å²) >= 11 is 0. The number of nitrogens with zero attached hydrogens (tertiary/aromatic N) is 2. The molecule has 1 N–H and O–H groups in total. The number of para-hydroxylation sites is 1. The first-order valence-electron chi connectivity index (χ1n) is 7.76. The highest BCUT2D eigenvalue weighted by molar-refractivity contribution is 6.13. The Morgan fingerprint density at radius 2 is 1.56 bits per heavy atom. The molecular weight excluding hydrogens is 314 g/mol. The molecule has 5 heteroatoms. The van der Waals surface area contributed by atoms with Crippen LogP contribution in [0.5, 0.6) is 5.75 Å². The summed E-state index contributed by atoms with van der Waals surface area (Å²) in [7, 11) is 1.53. The minimum atomic E-state index is -0.333. The molecule has 0 aliphatic heterocycles. The van der Waals surface area contributed by atoms with E-state index in [9.17, 15) is 4.79 Å². The molecule has 0 saturated carbocycles. The molecule has 0 spiro atoms. The number of amides is 1. The molecule has 1 heterocycles. The van der Waals surface area contributed by atoms with E-state index < -0.39 is 0 Å². The van der Waals surface area contributed by atoms with Gasteiger partial charge in [-0.15, -0.1) is 0 Å². The van der Waals surface area contributed by atoms with Crippen LogP contribution in [0.4, 0.5) is 0 Å². The first-order valence-corrected chi connectivity index (χ1v) is 7.76. The van der Waals surface area contributed by atoms with Crippen LogP contribution in [0.1, 0.15) is 21.5 Å². The van der Waals surface area contributed by atoms with Gasteiger partial charge in [0.15, 0.2) is 0 Å². The van der Waals surface area contributed by atoms with Crippen molar-refractivity contribution in [3.8, 4) is 5.75 Å². The Kier molecular flexibility index (Phi) is 5.16. The number of hydrogen-bond donors (Lipinski definition) is 1. The summed E-state index contributed by atoms with van der Waals surface area (Å²) in [5.41, 5.74) is 5.46. The Morgan fingerprint density at radius 3 is 2.28 bits per heavy atom. The maximum Gasteiger partial charge on any atom is 0.275 e. The Bertz CT molecular complexity index is 836. The lowest BCUT2D eigenvalue weighted by atomic mass is 10.0. The highest BCUT2D eigenvalue weighted by atomic mass is 16.5. The molecule has 0 bridgehead atoms. The minimum absolute atomic E-state index is 0.333. The molecular formula is C20H17N3O2. The van der Waals surface area contributed by atoms with E-state index in [1.54, 1.807) is 30.6 Å². The Balaban J connectivity index is 1.93. The van der Waals surface area contributed by atoms with Crippen molar-refractivity contribution in [1.82, 2.24) is 10.4 Å². The molecule has 0 atom stereocenters. The summed E-state index contributed by atoms with van der Waals surface area (Å²) in [4.78, 5) is 16.5. The van der Waals surface area contributed by atoms with Crippen LogP contribution >= 0.6 is 0 Å². The van der Waals surface area contributed by atoms with Crippen molar-refractivity contribution >= 4 is 11.6 Å². The van der Waals surface area contributed by atoms with E-state index in [1.165, 1.54) is 7.11 Å². The van der Waals surface area contributed by atoms with Crippen LogP contribution in [-0.2, 0) is 0 Å². The highest BCUT2D eigenvalue weighted by Crippen LogP contribution is 2.17. The van der Waals surface area contributed by atoms with Crippen LogP contribution in [0.25, 0.3) is 0 Å². The Hall–Kier alpha value is -3.47. The molecule has 3 aromatic rings. The smallest absolute Gasteiger partial charge is 0.275 e. The van der Waals surface area contributed by atoms with Gasteiger partial charge in [0.1, 0.15) is 5.75 Å². The third-order valence-electron chi connectivity index (χ3n) is 3.62. The summed E-state index contributed by atoms with van der Waals surface area (Å²) in [6, 6.07) is 20.4.